The molecule has 0 radical (unpaired) electrons. The van der Waals surface area contributed by atoms with Crippen molar-refractivity contribution in [3.63, 3.8) is 0 Å². The number of aromatic amines is 1. The zero-order chi connectivity index (χ0) is 24.4. The fourth-order valence-electron chi connectivity index (χ4n) is 3.46. The topological polar surface area (TPSA) is 158 Å². The summed E-state index contributed by atoms with van der Waals surface area (Å²) in [7, 11) is 0. The van der Waals surface area contributed by atoms with E-state index in [4.69, 9.17) is 5.73 Å². The Labute approximate surface area is 197 Å². The number of nitrogen functional groups attached to an aromatic ring is 1. The zero-order valence-corrected chi connectivity index (χ0v) is 18.7. The minimum absolute atomic E-state index is 0.0399. The number of aromatic hydroxyl groups is 1. The van der Waals surface area contributed by atoms with Crippen molar-refractivity contribution >= 4 is 40.5 Å². The second kappa shape index (κ2) is 9.28. The van der Waals surface area contributed by atoms with Gasteiger partial charge in [-0.05, 0) is 60.5 Å². The molecule has 4 aromatic rings. The maximum atomic E-state index is 12.7. The molecule has 0 unspecified atom stereocenters. The highest BCUT2D eigenvalue weighted by atomic mass is 32.2. The molecular weight excluding hydrogens is 456 g/mol. The minimum atomic E-state index is -1.32. The fourth-order valence-corrected chi connectivity index (χ4v) is 4.49. The summed E-state index contributed by atoms with van der Waals surface area (Å²) in [5, 5.41) is 22.1. The Balaban J connectivity index is 1.57. The highest BCUT2D eigenvalue weighted by molar-refractivity contribution is 7.99. The number of carbonyl (C=O) groups is 2. The third-order valence-corrected chi connectivity index (χ3v) is 6.34. The molecule has 3 aromatic carbocycles. The molecular formula is C24H20N4O5S. The maximum Gasteiger partial charge on any atom is 0.330 e. The molecule has 1 heterocycles. The van der Waals surface area contributed by atoms with Gasteiger partial charge in [0.05, 0.1) is 10.9 Å². The second-order valence-corrected chi connectivity index (χ2v) is 8.61. The van der Waals surface area contributed by atoms with Crippen LogP contribution in [0.1, 0.15) is 27.5 Å². The molecule has 1 amide bonds. The number of aromatic nitrogens is 2. The summed E-state index contributed by atoms with van der Waals surface area (Å²) in [6.45, 7) is 1.88. The fraction of sp³-hybridized carbons (Fsp3) is 0.0833. The van der Waals surface area contributed by atoms with Gasteiger partial charge < -0.3 is 21.3 Å². The number of hydrogen-bond donors (Lipinski definition) is 5. The number of H-pyrrole nitrogens is 1. The number of fused-ring (bicyclic) bond motifs is 1. The highest BCUT2D eigenvalue weighted by Crippen LogP contribution is 2.34. The van der Waals surface area contributed by atoms with Crippen molar-refractivity contribution in [1.82, 2.24) is 15.3 Å². The molecule has 0 spiro atoms. The summed E-state index contributed by atoms with van der Waals surface area (Å²) in [6, 6.07) is 14.5. The summed E-state index contributed by atoms with van der Waals surface area (Å²) >= 11 is 1.35. The van der Waals surface area contributed by atoms with Crippen LogP contribution in [0.5, 0.6) is 5.75 Å². The largest absolute Gasteiger partial charge is 0.508 e. The Kier molecular flexibility index (Phi) is 6.24. The monoisotopic (exact) mass is 476 g/mol. The van der Waals surface area contributed by atoms with Crippen molar-refractivity contribution in [2.45, 2.75) is 22.8 Å². The van der Waals surface area contributed by atoms with Crippen LogP contribution < -0.4 is 16.6 Å². The lowest BCUT2D eigenvalue weighted by Gasteiger charge is -2.15. The van der Waals surface area contributed by atoms with Crippen LogP contribution >= 0.6 is 11.8 Å². The number of rotatable bonds is 6. The van der Waals surface area contributed by atoms with E-state index in [-0.39, 0.29) is 28.4 Å². The average molecular weight is 477 g/mol. The van der Waals surface area contributed by atoms with Crippen LogP contribution in [-0.4, -0.2) is 32.1 Å². The molecule has 0 aliphatic carbocycles. The van der Waals surface area contributed by atoms with Crippen LogP contribution in [0, 0.1) is 6.92 Å². The Bertz CT molecular complexity index is 1470. The van der Waals surface area contributed by atoms with E-state index in [2.05, 4.69) is 15.3 Å². The summed E-state index contributed by atoms with van der Waals surface area (Å²) in [6.07, 6.45) is 0. The van der Waals surface area contributed by atoms with Gasteiger partial charge in [-0.3, -0.25) is 14.6 Å². The SMILES string of the molecule is Cc1ccc2nc(N)[nH]c(=O)c2c1Sc1ccc(C(=O)N[C@H](C(=O)O)c2cccc(O)c2)cc1. The quantitative estimate of drug-likeness (QED) is 0.284. The van der Waals surface area contributed by atoms with Crippen LogP contribution in [-0.2, 0) is 4.79 Å². The number of hydrogen-bond acceptors (Lipinski definition) is 7. The van der Waals surface area contributed by atoms with Gasteiger partial charge in [-0.2, -0.15) is 0 Å². The van der Waals surface area contributed by atoms with Gasteiger partial charge in [0.15, 0.2) is 6.04 Å². The lowest BCUT2D eigenvalue weighted by atomic mass is 10.1. The van der Waals surface area contributed by atoms with Gasteiger partial charge in [-0.25, -0.2) is 9.78 Å². The molecule has 0 saturated carbocycles. The van der Waals surface area contributed by atoms with Crippen LogP contribution in [0.3, 0.4) is 0 Å². The molecule has 0 fully saturated rings. The smallest absolute Gasteiger partial charge is 0.330 e. The van der Waals surface area contributed by atoms with Gasteiger partial charge in [0.2, 0.25) is 5.95 Å². The van der Waals surface area contributed by atoms with E-state index in [9.17, 15) is 24.6 Å². The molecule has 4 rings (SSSR count). The van der Waals surface area contributed by atoms with E-state index in [1.807, 2.05) is 13.0 Å². The number of carboxylic acid groups (broad SMARTS) is 1. The molecule has 0 aliphatic rings. The predicted octanol–water partition coefficient (Wildman–Crippen LogP) is 3.23. The number of nitrogens with one attached hydrogen (secondary N) is 2. The number of anilines is 1. The number of carbonyl (C=O) groups excluding carboxylic acids is 1. The molecule has 9 nitrogen and oxygen atoms in total. The van der Waals surface area contributed by atoms with Crippen LogP contribution in [0.15, 0.2) is 75.2 Å². The van der Waals surface area contributed by atoms with Crippen LogP contribution in [0.25, 0.3) is 10.9 Å². The zero-order valence-electron chi connectivity index (χ0n) is 17.9. The first-order chi connectivity index (χ1) is 16.2. The third kappa shape index (κ3) is 4.71. The van der Waals surface area contributed by atoms with Crippen molar-refractivity contribution in [1.29, 1.82) is 0 Å². The van der Waals surface area contributed by atoms with E-state index in [0.29, 0.717) is 10.9 Å². The Hall–Kier alpha value is -4.31. The maximum absolute atomic E-state index is 12.7. The highest BCUT2D eigenvalue weighted by Gasteiger charge is 2.23. The number of amides is 1. The number of carboxylic acids is 1. The number of phenolic OH excluding ortho intramolecular Hbond substituents is 1. The van der Waals surface area contributed by atoms with E-state index >= 15 is 0 Å². The van der Waals surface area contributed by atoms with E-state index < -0.39 is 17.9 Å². The van der Waals surface area contributed by atoms with E-state index in [1.54, 1.807) is 30.3 Å². The number of nitrogens with zero attached hydrogens (tertiary/aromatic N) is 1. The lowest BCUT2D eigenvalue weighted by molar-refractivity contribution is -0.139. The van der Waals surface area contributed by atoms with Gasteiger partial charge in [0, 0.05) is 15.4 Å². The molecule has 172 valence electrons. The van der Waals surface area contributed by atoms with Crippen molar-refractivity contribution in [2.75, 3.05) is 5.73 Å². The third-order valence-electron chi connectivity index (χ3n) is 5.10. The first kappa shape index (κ1) is 22.9. The summed E-state index contributed by atoms with van der Waals surface area (Å²) in [4.78, 5) is 45.1. The number of aryl methyl sites for hydroxylation is 1. The minimum Gasteiger partial charge on any atom is -0.508 e. The molecule has 6 N–H and O–H groups in total. The van der Waals surface area contributed by atoms with Crippen molar-refractivity contribution < 1.29 is 19.8 Å². The Morgan fingerprint density at radius 3 is 2.53 bits per heavy atom. The number of aliphatic carboxylic acids is 1. The van der Waals surface area contributed by atoms with Gasteiger partial charge in [0.1, 0.15) is 5.75 Å². The molecule has 1 atom stereocenters. The summed E-state index contributed by atoms with van der Waals surface area (Å²) < 4.78 is 0. The normalized spacial score (nSPS) is 11.8. The molecule has 0 aliphatic heterocycles. The molecule has 0 bridgehead atoms. The summed E-state index contributed by atoms with van der Waals surface area (Å²) in [5.74, 6) is -1.89. The van der Waals surface area contributed by atoms with Gasteiger partial charge in [-0.15, -0.1) is 0 Å². The number of phenols is 1. The van der Waals surface area contributed by atoms with Crippen LogP contribution in [0.4, 0.5) is 5.95 Å². The van der Waals surface area contributed by atoms with Crippen molar-refractivity contribution in [3.8, 4) is 5.75 Å². The van der Waals surface area contributed by atoms with Crippen molar-refractivity contribution in [3.05, 3.63) is 87.7 Å². The van der Waals surface area contributed by atoms with Gasteiger partial charge in [0.25, 0.3) is 11.5 Å². The Morgan fingerprint density at radius 1 is 1.12 bits per heavy atom. The molecule has 10 heteroatoms. The van der Waals surface area contributed by atoms with Crippen molar-refractivity contribution in [2.24, 2.45) is 0 Å². The average Bonchev–Trinajstić information content (AvgIpc) is 2.79. The summed E-state index contributed by atoms with van der Waals surface area (Å²) in [5.41, 5.74) is 7.19. The van der Waals surface area contributed by atoms with E-state index in [0.717, 1.165) is 15.4 Å². The number of benzene rings is 3. The lowest BCUT2D eigenvalue weighted by Crippen LogP contribution is -2.33. The molecule has 1 aromatic heterocycles. The predicted molar refractivity (Wildman–Crippen MR) is 128 cm³/mol. The van der Waals surface area contributed by atoms with Gasteiger partial charge in [-0.1, -0.05) is 30.0 Å². The molecule has 34 heavy (non-hydrogen) atoms. The second-order valence-electron chi connectivity index (χ2n) is 7.52. The first-order valence-electron chi connectivity index (χ1n) is 10.1. The Morgan fingerprint density at radius 2 is 1.85 bits per heavy atom. The van der Waals surface area contributed by atoms with E-state index in [1.165, 1.54) is 36.0 Å². The van der Waals surface area contributed by atoms with Crippen LogP contribution in [0.2, 0.25) is 0 Å². The van der Waals surface area contributed by atoms with Gasteiger partial charge >= 0.3 is 5.97 Å². The molecule has 0 saturated heterocycles. The standard InChI is InChI=1S/C24H20N4O5S/c1-12-5-10-17-18(22(31)28-24(25)26-17)20(12)34-16-8-6-13(7-9-16)21(30)27-19(23(32)33)14-3-2-4-15(29)11-14/h2-11,19,29H,1H3,(H,27,30)(H,32,33)(H3,25,26,28,31)/t19-/m0/s1. The number of nitrogens with two attached hydrogens (primary N) is 1. The first-order valence-corrected chi connectivity index (χ1v) is 10.9.